The maximum Gasteiger partial charge on any atom is 0.147 e. The van der Waals surface area contributed by atoms with E-state index in [2.05, 4.69) is 46.5 Å². The van der Waals surface area contributed by atoms with Crippen LogP contribution in [-0.4, -0.2) is 16.0 Å². The third kappa shape index (κ3) is 3.29. The van der Waals surface area contributed by atoms with Crippen LogP contribution in [0.5, 0.6) is 0 Å². The topological polar surface area (TPSA) is 37.8 Å². The van der Waals surface area contributed by atoms with E-state index in [1.165, 1.54) is 5.56 Å². The number of aromatic nitrogens is 2. The summed E-state index contributed by atoms with van der Waals surface area (Å²) in [5.74, 6) is 0.887. The average Bonchev–Trinajstić information content (AvgIpc) is 2.35. The first-order valence-corrected chi connectivity index (χ1v) is 6.26. The fourth-order valence-corrected chi connectivity index (χ4v) is 1.93. The summed E-state index contributed by atoms with van der Waals surface area (Å²) >= 11 is 0. The van der Waals surface area contributed by atoms with Crippen LogP contribution in [0.3, 0.4) is 0 Å². The zero-order valence-electron chi connectivity index (χ0n) is 11.1. The van der Waals surface area contributed by atoms with E-state index < -0.39 is 0 Å². The quantitative estimate of drug-likeness (QED) is 0.893. The second-order valence-corrected chi connectivity index (χ2v) is 4.68. The monoisotopic (exact) mass is 241 g/mol. The van der Waals surface area contributed by atoms with Gasteiger partial charge in [-0.15, -0.1) is 0 Å². The van der Waals surface area contributed by atoms with Crippen molar-refractivity contribution in [3.63, 3.8) is 0 Å². The summed E-state index contributed by atoms with van der Waals surface area (Å²) in [6.45, 7) is 6.10. The summed E-state index contributed by atoms with van der Waals surface area (Å²) in [5, 5.41) is 3.43. The molecule has 1 N–H and O–H groups in total. The number of benzene rings is 1. The Kier molecular flexibility index (Phi) is 3.92. The van der Waals surface area contributed by atoms with Gasteiger partial charge in [0.15, 0.2) is 0 Å². The zero-order valence-corrected chi connectivity index (χ0v) is 11.1. The van der Waals surface area contributed by atoms with Crippen molar-refractivity contribution in [1.82, 2.24) is 9.97 Å². The normalized spacial score (nSPS) is 12.2. The van der Waals surface area contributed by atoms with Gasteiger partial charge in [-0.1, -0.05) is 30.3 Å². The highest BCUT2D eigenvalue weighted by atomic mass is 15.0. The molecule has 18 heavy (non-hydrogen) atoms. The molecule has 0 amide bonds. The predicted molar refractivity (Wildman–Crippen MR) is 74.7 cm³/mol. The van der Waals surface area contributed by atoms with Crippen molar-refractivity contribution < 1.29 is 0 Å². The third-order valence-electron chi connectivity index (χ3n) is 2.84. The van der Waals surface area contributed by atoms with E-state index in [0.717, 1.165) is 23.6 Å². The Morgan fingerprint density at radius 2 is 1.89 bits per heavy atom. The summed E-state index contributed by atoms with van der Waals surface area (Å²) in [6.07, 6.45) is 2.78. The van der Waals surface area contributed by atoms with Gasteiger partial charge < -0.3 is 5.32 Å². The fraction of sp³-hybridized carbons (Fsp3) is 0.333. The largest absolute Gasteiger partial charge is 0.366 e. The van der Waals surface area contributed by atoms with E-state index in [9.17, 15) is 0 Å². The number of anilines is 1. The summed E-state index contributed by atoms with van der Waals surface area (Å²) in [4.78, 5) is 8.79. The van der Waals surface area contributed by atoms with E-state index in [1.807, 2.05) is 19.9 Å². The van der Waals surface area contributed by atoms with Crippen LogP contribution in [0, 0.1) is 13.8 Å². The van der Waals surface area contributed by atoms with Crippen molar-refractivity contribution in [3.05, 3.63) is 53.5 Å². The van der Waals surface area contributed by atoms with Crippen molar-refractivity contribution >= 4 is 5.82 Å². The predicted octanol–water partition coefficient (Wildman–Crippen LogP) is 3.14. The second kappa shape index (κ2) is 5.63. The van der Waals surface area contributed by atoms with Crippen LogP contribution in [0.4, 0.5) is 5.82 Å². The maximum atomic E-state index is 4.48. The molecule has 1 aromatic heterocycles. The van der Waals surface area contributed by atoms with Gasteiger partial charge >= 0.3 is 0 Å². The van der Waals surface area contributed by atoms with Gasteiger partial charge in [0, 0.05) is 12.2 Å². The van der Waals surface area contributed by atoms with E-state index in [1.54, 1.807) is 6.20 Å². The summed E-state index contributed by atoms with van der Waals surface area (Å²) in [7, 11) is 0. The first kappa shape index (κ1) is 12.6. The molecule has 0 saturated carbocycles. The van der Waals surface area contributed by atoms with E-state index in [0.29, 0.717) is 6.04 Å². The van der Waals surface area contributed by atoms with E-state index in [4.69, 9.17) is 0 Å². The number of nitrogens with zero attached hydrogens (tertiary/aromatic N) is 2. The molecule has 1 heterocycles. The Bertz CT molecular complexity index is 508. The minimum absolute atomic E-state index is 0.335. The molecule has 0 aliphatic heterocycles. The molecule has 94 valence electrons. The highest BCUT2D eigenvalue weighted by Gasteiger charge is 2.07. The molecule has 0 aliphatic rings. The molecule has 2 aromatic rings. The Morgan fingerprint density at radius 3 is 2.61 bits per heavy atom. The first-order chi connectivity index (χ1) is 8.65. The summed E-state index contributed by atoms with van der Waals surface area (Å²) in [5.41, 5.74) is 3.21. The van der Waals surface area contributed by atoms with Gasteiger partial charge in [-0.2, -0.15) is 0 Å². The zero-order chi connectivity index (χ0) is 13.0. The molecule has 2 rings (SSSR count). The van der Waals surface area contributed by atoms with Gasteiger partial charge in [-0.25, -0.2) is 4.98 Å². The van der Waals surface area contributed by atoms with Gasteiger partial charge in [-0.3, -0.25) is 4.98 Å². The highest BCUT2D eigenvalue weighted by Crippen LogP contribution is 2.12. The van der Waals surface area contributed by atoms with E-state index in [-0.39, 0.29) is 0 Å². The van der Waals surface area contributed by atoms with Crippen molar-refractivity contribution in [3.8, 4) is 0 Å². The molecule has 0 spiro atoms. The Labute approximate surface area is 108 Å². The summed E-state index contributed by atoms with van der Waals surface area (Å²) < 4.78 is 0. The number of hydrogen-bond donors (Lipinski definition) is 1. The van der Waals surface area contributed by atoms with Crippen LogP contribution in [0.1, 0.15) is 23.9 Å². The SMILES string of the molecule is Cc1cnc(C)c(NC(C)Cc2ccccc2)n1. The van der Waals surface area contributed by atoms with Crippen molar-refractivity contribution in [1.29, 1.82) is 0 Å². The first-order valence-electron chi connectivity index (χ1n) is 6.26. The molecule has 0 bridgehead atoms. The number of rotatable bonds is 4. The molecule has 1 atom stereocenters. The lowest BCUT2D eigenvalue weighted by molar-refractivity contribution is 0.779. The van der Waals surface area contributed by atoms with Gasteiger partial charge in [0.1, 0.15) is 5.82 Å². The third-order valence-corrected chi connectivity index (χ3v) is 2.84. The van der Waals surface area contributed by atoms with Gasteiger partial charge in [0.25, 0.3) is 0 Å². The average molecular weight is 241 g/mol. The molecule has 3 nitrogen and oxygen atoms in total. The van der Waals surface area contributed by atoms with Crippen molar-refractivity contribution in [2.45, 2.75) is 33.2 Å². The van der Waals surface area contributed by atoms with Gasteiger partial charge in [0.05, 0.1) is 11.4 Å². The van der Waals surface area contributed by atoms with Crippen LogP contribution < -0.4 is 5.32 Å². The standard InChI is InChI=1S/C15H19N3/c1-11(9-14-7-5-4-6-8-14)17-15-13(3)16-10-12(2)18-15/h4-8,10-11H,9H2,1-3H3,(H,17,18). The van der Waals surface area contributed by atoms with Crippen LogP contribution in [0.15, 0.2) is 36.5 Å². The molecule has 0 saturated heterocycles. The maximum absolute atomic E-state index is 4.48. The molecule has 0 aliphatic carbocycles. The van der Waals surface area contributed by atoms with Gasteiger partial charge in [-0.05, 0) is 32.8 Å². The van der Waals surface area contributed by atoms with Crippen LogP contribution in [0.2, 0.25) is 0 Å². The van der Waals surface area contributed by atoms with Crippen molar-refractivity contribution in [2.75, 3.05) is 5.32 Å². The van der Waals surface area contributed by atoms with Crippen molar-refractivity contribution in [2.24, 2.45) is 0 Å². The van der Waals surface area contributed by atoms with Crippen LogP contribution in [-0.2, 0) is 6.42 Å². The summed E-state index contributed by atoms with van der Waals surface area (Å²) in [6, 6.07) is 10.8. The number of aryl methyl sites for hydroxylation is 2. The lowest BCUT2D eigenvalue weighted by atomic mass is 10.1. The Hall–Kier alpha value is -1.90. The second-order valence-electron chi connectivity index (χ2n) is 4.68. The van der Waals surface area contributed by atoms with Gasteiger partial charge in [0.2, 0.25) is 0 Å². The number of nitrogens with one attached hydrogen (secondary N) is 1. The molecule has 0 radical (unpaired) electrons. The number of hydrogen-bond acceptors (Lipinski definition) is 3. The molecule has 0 fully saturated rings. The smallest absolute Gasteiger partial charge is 0.147 e. The molecular formula is C15H19N3. The fourth-order valence-electron chi connectivity index (χ4n) is 1.93. The van der Waals surface area contributed by atoms with E-state index >= 15 is 0 Å². The highest BCUT2D eigenvalue weighted by molar-refractivity contribution is 5.40. The lowest BCUT2D eigenvalue weighted by Crippen LogP contribution is -2.20. The Balaban J connectivity index is 2.03. The minimum Gasteiger partial charge on any atom is -0.366 e. The Morgan fingerprint density at radius 1 is 1.17 bits per heavy atom. The molecule has 3 heteroatoms. The van der Waals surface area contributed by atoms with Crippen LogP contribution >= 0.6 is 0 Å². The molecule has 1 unspecified atom stereocenters. The molecule has 1 aromatic carbocycles. The minimum atomic E-state index is 0.335. The lowest BCUT2D eigenvalue weighted by Gasteiger charge is -2.16. The van der Waals surface area contributed by atoms with Crippen LogP contribution in [0.25, 0.3) is 0 Å². The molecular weight excluding hydrogens is 222 g/mol.